The van der Waals surface area contributed by atoms with Gasteiger partial charge in [-0.25, -0.2) is 0 Å². The van der Waals surface area contributed by atoms with Crippen LogP contribution in [0.15, 0.2) is 109 Å². The maximum atomic E-state index is 13.5. The van der Waals surface area contributed by atoms with Crippen LogP contribution in [0.4, 0.5) is 0 Å². The number of ether oxygens (including phenoxy) is 3. The molecule has 44 heavy (non-hydrogen) atoms. The Morgan fingerprint density at radius 3 is 2.00 bits per heavy atom. The van der Waals surface area contributed by atoms with E-state index in [2.05, 4.69) is 0 Å². The molecular weight excluding hydrogens is 556 g/mol. The van der Waals surface area contributed by atoms with Gasteiger partial charge in [0.25, 0.3) is 11.7 Å². The van der Waals surface area contributed by atoms with Crippen molar-refractivity contribution in [3.05, 3.63) is 131 Å². The maximum Gasteiger partial charge on any atom is 0.295 e. The molecule has 1 saturated heterocycles. The molecule has 5 rings (SSSR count). The van der Waals surface area contributed by atoms with Crippen molar-refractivity contribution in [2.75, 3.05) is 34.3 Å². The summed E-state index contributed by atoms with van der Waals surface area (Å²) in [6.07, 6.45) is 0. The van der Waals surface area contributed by atoms with Crippen LogP contribution in [-0.2, 0) is 22.8 Å². The second kappa shape index (κ2) is 13.9. The molecule has 0 radical (unpaired) electrons. The highest BCUT2D eigenvalue weighted by atomic mass is 16.5. The predicted molar refractivity (Wildman–Crippen MR) is 169 cm³/mol. The SMILES string of the molecule is COc1cc(C2C(=C(O)c3ccc(OCc4ccccc4)cc3)C(=O)C(=O)N2CCN(C)C)ccc1OCc1ccccc1. The van der Waals surface area contributed by atoms with Crippen LogP contribution in [0.1, 0.15) is 28.3 Å². The molecule has 1 unspecified atom stereocenters. The fourth-order valence-electron chi connectivity index (χ4n) is 5.08. The Morgan fingerprint density at radius 1 is 0.795 bits per heavy atom. The van der Waals surface area contributed by atoms with Gasteiger partial charge in [0.05, 0.1) is 18.7 Å². The number of amides is 1. The van der Waals surface area contributed by atoms with Gasteiger partial charge in [0.2, 0.25) is 0 Å². The van der Waals surface area contributed by atoms with Crippen molar-refractivity contribution in [2.45, 2.75) is 19.3 Å². The number of likely N-dealkylation sites (tertiary alicyclic amines) is 1. The van der Waals surface area contributed by atoms with Crippen molar-refractivity contribution in [2.24, 2.45) is 0 Å². The van der Waals surface area contributed by atoms with E-state index in [0.29, 0.717) is 54.7 Å². The van der Waals surface area contributed by atoms with Crippen molar-refractivity contribution in [3.63, 3.8) is 0 Å². The number of aliphatic hydroxyl groups is 1. The van der Waals surface area contributed by atoms with E-state index in [0.717, 1.165) is 11.1 Å². The summed E-state index contributed by atoms with van der Waals surface area (Å²) >= 11 is 0. The van der Waals surface area contributed by atoms with E-state index >= 15 is 0 Å². The first-order valence-corrected chi connectivity index (χ1v) is 14.4. The van der Waals surface area contributed by atoms with Crippen molar-refractivity contribution >= 4 is 17.4 Å². The molecule has 1 fully saturated rings. The molecule has 8 heteroatoms. The van der Waals surface area contributed by atoms with Gasteiger partial charge in [-0.1, -0.05) is 66.7 Å². The van der Waals surface area contributed by atoms with E-state index in [9.17, 15) is 14.7 Å². The number of likely N-dealkylation sites (N-methyl/N-ethyl adjacent to an activating group) is 1. The second-order valence-corrected chi connectivity index (χ2v) is 10.8. The number of aliphatic hydroxyl groups excluding tert-OH is 1. The van der Waals surface area contributed by atoms with Crippen LogP contribution in [-0.4, -0.2) is 60.9 Å². The Balaban J connectivity index is 1.46. The molecule has 4 aromatic carbocycles. The molecule has 1 atom stereocenters. The summed E-state index contributed by atoms with van der Waals surface area (Å²) in [4.78, 5) is 30.2. The second-order valence-electron chi connectivity index (χ2n) is 10.8. The average molecular weight is 593 g/mol. The molecule has 0 bridgehead atoms. The summed E-state index contributed by atoms with van der Waals surface area (Å²) in [7, 11) is 5.34. The number of benzene rings is 4. The van der Waals surface area contributed by atoms with Gasteiger partial charge in [-0.15, -0.1) is 0 Å². The fraction of sp³-hybridized carbons (Fsp3) is 0.222. The first-order chi connectivity index (χ1) is 21.4. The van der Waals surface area contributed by atoms with Gasteiger partial charge in [0, 0.05) is 18.7 Å². The van der Waals surface area contributed by atoms with E-state index in [1.807, 2.05) is 79.7 Å². The van der Waals surface area contributed by atoms with Gasteiger partial charge in [0.15, 0.2) is 11.5 Å². The first-order valence-electron chi connectivity index (χ1n) is 14.4. The molecule has 1 aliphatic heterocycles. The van der Waals surface area contributed by atoms with Crippen molar-refractivity contribution < 1.29 is 28.9 Å². The summed E-state index contributed by atoms with van der Waals surface area (Å²) in [5.41, 5.74) is 3.08. The minimum Gasteiger partial charge on any atom is -0.507 e. The summed E-state index contributed by atoms with van der Waals surface area (Å²) < 4.78 is 17.6. The van der Waals surface area contributed by atoms with Crippen LogP contribution in [0.25, 0.3) is 5.76 Å². The maximum absolute atomic E-state index is 13.5. The minimum absolute atomic E-state index is 0.0201. The highest BCUT2D eigenvalue weighted by Gasteiger charge is 2.46. The number of Topliss-reactive ketones (excluding diaryl/α,β-unsaturated/α-hetero) is 1. The van der Waals surface area contributed by atoms with Crippen LogP contribution in [0.3, 0.4) is 0 Å². The lowest BCUT2D eigenvalue weighted by Crippen LogP contribution is -2.35. The number of rotatable bonds is 12. The van der Waals surface area contributed by atoms with Gasteiger partial charge in [0.1, 0.15) is 24.7 Å². The smallest absolute Gasteiger partial charge is 0.295 e. The first kappa shape index (κ1) is 30.4. The van der Waals surface area contributed by atoms with Gasteiger partial charge in [-0.2, -0.15) is 0 Å². The molecule has 1 amide bonds. The van der Waals surface area contributed by atoms with Gasteiger partial charge < -0.3 is 29.1 Å². The monoisotopic (exact) mass is 592 g/mol. The van der Waals surface area contributed by atoms with Crippen LogP contribution < -0.4 is 14.2 Å². The number of methoxy groups -OCH3 is 1. The number of hydrogen-bond acceptors (Lipinski definition) is 7. The number of carbonyl (C=O) groups is 2. The molecule has 0 saturated carbocycles. The zero-order valence-electron chi connectivity index (χ0n) is 25.1. The van der Waals surface area contributed by atoms with E-state index in [1.54, 1.807) is 49.6 Å². The summed E-state index contributed by atoms with van der Waals surface area (Å²) in [5, 5.41) is 11.5. The molecule has 226 valence electrons. The van der Waals surface area contributed by atoms with Crippen molar-refractivity contribution in [3.8, 4) is 17.2 Å². The van der Waals surface area contributed by atoms with E-state index in [4.69, 9.17) is 14.2 Å². The molecule has 0 aromatic heterocycles. The summed E-state index contributed by atoms with van der Waals surface area (Å²) in [5.74, 6) is -0.0560. The number of ketones is 1. The fourth-order valence-corrected chi connectivity index (χ4v) is 5.08. The molecule has 8 nitrogen and oxygen atoms in total. The van der Waals surface area contributed by atoms with Gasteiger partial charge in [-0.05, 0) is 67.2 Å². The van der Waals surface area contributed by atoms with Gasteiger partial charge in [-0.3, -0.25) is 9.59 Å². The molecule has 0 aliphatic carbocycles. The zero-order chi connectivity index (χ0) is 31.1. The van der Waals surface area contributed by atoms with Gasteiger partial charge >= 0.3 is 0 Å². The Morgan fingerprint density at radius 2 is 1.41 bits per heavy atom. The van der Waals surface area contributed by atoms with Crippen LogP contribution in [0.5, 0.6) is 17.2 Å². The molecular formula is C36H36N2O6. The van der Waals surface area contributed by atoms with Crippen molar-refractivity contribution in [1.29, 1.82) is 0 Å². The lowest BCUT2D eigenvalue weighted by molar-refractivity contribution is -0.140. The molecule has 4 aromatic rings. The van der Waals surface area contributed by atoms with E-state index < -0.39 is 17.7 Å². The highest BCUT2D eigenvalue weighted by molar-refractivity contribution is 6.46. The third-order valence-electron chi connectivity index (χ3n) is 7.44. The Bertz CT molecular complexity index is 1620. The van der Waals surface area contributed by atoms with Crippen LogP contribution in [0, 0.1) is 0 Å². The number of hydrogen-bond donors (Lipinski definition) is 1. The molecule has 0 spiro atoms. The zero-order valence-corrected chi connectivity index (χ0v) is 25.1. The minimum atomic E-state index is -0.818. The topological polar surface area (TPSA) is 88.5 Å². The quantitative estimate of drug-likeness (QED) is 0.126. The Labute approximate surface area is 257 Å². The standard InChI is InChI=1S/C36H36N2O6/c1-37(2)20-21-38-33(28-16-19-30(31(22-28)42-3)44-24-26-12-8-5-9-13-26)32(35(40)36(38)41)34(39)27-14-17-29(18-15-27)43-23-25-10-6-4-7-11-25/h4-19,22,33,39H,20-21,23-24H2,1-3H3. The summed E-state index contributed by atoms with van der Waals surface area (Å²) in [6, 6.07) is 30.9. The van der Waals surface area contributed by atoms with Crippen molar-refractivity contribution in [1.82, 2.24) is 9.80 Å². The lowest BCUT2D eigenvalue weighted by Gasteiger charge is -2.27. The van der Waals surface area contributed by atoms with Crippen LogP contribution in [0.2, 0.25) is 0 Å². The average Bonchev–Trinajstić information content (AvgIpc) is 3.31. The van der Waals surface area contributed by atoms with Crippen LogP contribution >= 0.6 is 0 Å². The van der Waals surface area contributed by atoms with E-state index in [-0.39, 0.29) is 11.3 Å². The Hall–Kier alpha value is -5.08. The molecule has 1 aliphatic rings. The predicted octanol–water partition coefficient (Wildman–Crippen LogP) is 5.84. The normalized spacial score (nSPS) is 15.9. The summed E-state index contributed by atoms with van der Waals surface area (Å²) in [6.45, 7) is 1.57. The lowest BCUT2D eigenvalue weighted by atomic mass is 9.95. The third-order valence-corrected chi connectivity index (χ3v) is 7.44. The highest BCUT2D eigenvalue weighted by Crippen LogP contribution is 2.42. The van der Waals surface area contributed by atoms with E-state index in [1.165, 1.54) is 4.90 Å². The molecule has 1 N–H and O–H groups in total. The molecule has 1 heterocycles. The largest absolute Gasteiger partial charge is 0.507 e. The Kier molecular flexibility index (Phi) is 9.62. The number of nitrogens with zero attached hydrogens (tertiary/aromatic N) is 2. The third kappa shape index (κ3) is 6.93. The number of carbonyl (C=O) groups excluding carboxylic acids is 2.